The molecular weight excluding hydrogens is 384 g/mol. The van der Waals surface area contributed by atoms with E-state index in [0.717, 1.165) is 20.9 Å². The Kier molecular flexibility index (Phi) is 5.09. The molecule has 3 aromatic rings. The summed E-state index contributed by atoms with van der Waals surface area (Å²) in [4.78, 5) is 28.2. The SMILES string of the molecule is O=C(N[C@H](Cc1ccccc1Br)C(=O)O)c1cnc2ccccc2c1. The first kappa shape index (κ1) is 17.1. The summed E-state index contributed by atoms with van der Waals surface area (Å²) in [5.74, 6) is -1.55. The average molecular weight is 399 g/mol. The van der Waals surface area contributed by atoms with E-state index in [2.05, 4.69) is 26.2 Å². The maximum absolute atomic E-state index is 12.5. The van der Waals surface area contributed by atoms with Gasteiger partial charge in [0.25, 0.3) is 5.91 Å². The summed E-state index contributed by atoms with van der Waals surface area (Å²) in [6.07, 6.45) is 1.64. The quantitative estimate of drug-likeness (QED) is 0.689. The molecule has 0 saturated carbocycles. The first-order chi connectivity index (χ1) is 12.0. The lowest BCUT2D eigenvalue weighted by Crippen LogP contribution is -2.42. The molecule has 1 amide bonds. The lowest BCUT2D eigenvalue weighted by atomic mass is 10.1. The first-order valence-electron chi connectivity index (χ1n) is 7.66. The molecule has 2 N–H and O–H groups in total. The summed E-state index contributed by atoms with van der Waals surface area (Å²) in [5.41, 5.74) is 1.92. The molecular formula is C19H15BrN2O3. The van der Waals surface area contributed by atoms with Crippen LogP contribution in [0.5, 0.6) is 0 Å². The van der Waals surface area contributed by atoms with Crippen LogP contribution in [-0.2, 0) is 11.2 Å². The summed E-state index contributed by atoms with van der Waals surface area (Å²) < 4.78 is 0.808. The number of benzene rings is 2. The van der Waals surface area contributed by atoms with E-state index < -0.39 is 17.9 Å². The standard InChI is InChI=1S/C19H15BrN2O3/c20-15-7-3-1-5-12(15)10-17(19(24)25)22-18(23)14-9-13-6-2-4-8-16(13)21-11-14/h1-9,11,17H,10H2,(H,22,23)(H,24,25)/t17-/m1/s1. The molecule has 0 radical (unpaired) electrons. The zero-order chi connectivity index (χ0) is 17.8. The summed E-state index contributed by atoms with van der Waals surface area (Å²) in [7, 11) is 0. The van der Waals surface area contributed by atoms with Crippen molar-refractivity contribution in [1.29, 1.82) is 0 Å². The van der Waals surface area contributed by atoms with Crippen LogP contribution in [-0.4, -0.2) is 28.0 Å². The molecule has 3 rings (SSSR count). The maximum Gasteiger partial charge on any atom is 0.326 e. The van der Waals surface area contributed by atoms with Gasteiger partial charge in [0, 0.05) is 22.5 Å². The van der Waals surface area contributed by atoms with Crippen molar-refractivity contribution in [3.8, 4) is 0 Å². The van der Waals surface area contributed by atoms with Crippen LogP contribution < -0.4 is 5.32 Å². The van der Waals surface area contributed by atoms with E-state index >= 15 is 0 Å². The highest BCUT2D eigenvalue weighted by Crippen LogP contribution is 2.18. The van der Waals surface area contributed by atoms with Crippen LogP contribution in [0.4, 0.5) is 0 Å². The topological polar surface area (TPSA) is 79.3 Å². The Morgan fingerprint density at radius 1 is 1.12 bits per heavy atom. The number of nitrogens with one attached hydrogen (secondary N) is 1. The number of carbonyl (C=O) groups excluding carboxylic acids is 1. The van der Waals surface area contributed by atoms with E-state index in [4.69, 9.17) is 0 Å². The van der Waals surface area contributed by atoms with E-state index in [1.54, 1.807) is 6.07 Å². The smallest absolute Gasteiger partial charge is 0.326 e. The van der Waals surface area contributed by atoms with Gasteiger partial charge in [-0.2, -0.15) is 0 Å². The van der Waals surface area contributed by atoms with Crippen molar-refractivity contribution in [3.63, 3.8) is 0 Å². The largest absolute Gasteiger partial charge is 0.480 e. The van der Waals surface area contributed by atoms with Gasteiger partial charge in [-0.05, 0) is 23.8 Å². The number of carboxylic acids is 1. The molecule has 25 heavy (non-hydrogen) atoms. The molecule has 2 aromatic carbocycles. The average Bonchev–Trinajstić information content (AvgIpc) is 2.62. The molecule has 6 heteroatoms. The fraction of sp³-hybridized carbons (Fsp3) is 0.105. The molecule has 0 unspecified atom stereocenters. The molecule has 5 nitrogen and oxygen atoms in total. The van der Waals surface area contributed by atoms with E-state index in [9.17, 15) is 14.7 Å². The van der Waals surface area contributed by atoms with Crippen molar-refractivity contribution in [3.05, 3.63) is 76.4 Å². The number of halogens is 1. The van der Waals surface area contributed by atoms with Gasteiger partial charge in [0.2, 0.25) is 0 Å². The highest BCUT2D eigenvalue weighted by atomic mass is 79.9. The van der Waals surface area contributed by atoms with Gasteiger partial charge in [-0.15, -0.1) is 0 Å². The van der Waals surface area contributed by atoms with Gasteiger partial charge >= 0.3 is 5.97 Å². The monoisotopic (exact) mass is 398 g/mol. The van der Waals surface area contributed by atoms with Crippen molar-refractivity contribution in [2.24, 2.45) is 0 Å². The van der Waals surface area contributed by atoms with Crippen molar-refractivity contribution in [1.82, 2.24) is 10.3 Å². The summed E-state index contributed by atoms with van der Waals surface area (Å²) in [6, 6.07) is 15.4. The number of pyridine rings is 1. The first-order valence-corrected chi connectivity index (χ1v) is 8.46. The second kappa shape index (κ2) is 7.44. The summed E-state index contributed by atoms with van der Waals surface area (Å²) >= 11 is 3.40. The Hall–Kier alpha value is -2.73. The molecule has 1 atom stereocenters. The minimum atomic E-state index is -1.09. The molecule has 0 aliphatic carbocycles. The molecule has 0 aliphatic rings. The minimum Gasteiger partial charge on any atom is -0.480 e. The lowest BCUT2D eigenvalue weighted by Gasteiger charge is -2.15. The number of carbonyl (C=O) groups is 2. The number of para-hydroxylation sites is 1. The third kappa shape index (κ3) is 4.03. The third-order valence-electron chi connectivity index (χ3n) is 3.84. The second-order valence-corrected chi connectivity index (χ2v) is 6.43. The molecule has 1 heterocycles. The number of hydrogen-bond acceptors (Lipinski definition) is 3. The molecule has 0 aliphatic heterocycles. The van der Waals surface area contributed by atoms with Crippen LogP contribution >= 0.6 is 15.9 Å². The van der Waals surface area contributed by atoms with Crippen LogP contribution in [0.1, 0.15) is 15.9 Å². The van der Waals surface area contributed by atoms with Crippen molar-refractivity contribution >= 4 is 38.7 Å². The highest BCUT2D eigenvalue weighted by molar-refractivity contribution is 9.10. The number of rotatable bonds is 5. The van der Waals surface area contributed by atoms with E-state index in [-0.39, 0.29) is 6.42 Å². The van der Waals surface area contributed by atoms with Gasteiger partial charge in [-0.25, -0.2) is 4.79 Å². The molecule has 0 bridgehead atoms. The van der Waals surface area contributed by atoms with Gasteiger partial charge in [0.1, 0.15) is 6.04 Å². The van der Waals surface area contributed by atoms with Gasteiger partial charge in [-0.3, -0.25) is 9.78 Å². The maximum atomic E-state index is 12.5. The number of hydrogen-bond donors (Lipinski definition) is 2. The van der Waals surface area contributed by atoms with E-state index in [1.165, 1.54) is 6.20 Å². The van der Waals surface area contributed by atoms with Gasteiger partial charge < -0.3 is 10.4 Å². The lowest BCUT2D eigenvalue weighted by molar-refractivity contribution is -0.139. The minimum absolute atomic E-state index is 0.184. The summed E-state index contributed by atoms with van der Waals surface area (Å²) in [5, 5.41) is 12.8. The Morgan fingerprint density at radius 2 is 1.84 bits per heavy atom. The normalized spacial score (nSPS) is 11.9. The molecule has 0 saturated heterocycles. The van der Waals surface area contributed by atoms with Crippen LogP contribution in [0.3, 0.4) is 0 Å². The number of aliphatic carboxylic acids is 1. The van der Waals surface area contributed by atoms with Crippen molar-refractivity contribution in [2.75, 3.05) is 0 Å². The van der Waals surface area contributed by atoms with E-state index in [1.807, 2.05) is 48.5 Å². The molecule has 0 spiro atoms. The Bertz CT molecular complexity index is 943. The number of aromatic nitrogens is 1. The zero-order valence-electron chi connectivity index (χ0n) is 13.1. The van der Waals surface area contributed by atoms with Crippen molar-refractivity contribution < 1.29 is 14.7 Å². The van der Waals surface area contributed by atoms with Crippen LogP contribution in [0.25, 0.3) is 10.9 Å². The summed E-state index contributed by atoms with van der Waals surface area (Å²) in [6.45, 7) is 0. The van der Waals surface area contributed by atoms with Crippen LogP contribution in [0.2, 0.25) is 0 Å². The van der Waals surface area contributed by atoms with Crippen LogP contribution in [0.15, 0.2) is 65.3 Å². The van der Waals surface area contributed by atoms with Crippen LogP contribution in [0, 0.1) is 0 Å². The van der Waals surface area contributed by atoms with E-state index in [0.29, 0.717) is 5.56 Å². The highest BCUT2D eigenvalue weighted by Gasteiger charge is 2.22. The number of amides is 1. The number of nitrogens with zero attached hydrogens (tertiary/aromatic N) is 1. The number of fused-ring (bicyclic) bond motifs is 1. The fourth-order valence-electron chi connectivity index (χ4n) is 2.52. The Labute approximate surface area is 152 Å². The van der Waals surface area contributed by atoms with Crippen molar-refractivity contribution in [2.45, 2.75) is 12.5 Å². The third-order valence-corrected chi connectivity index (χ3v) is 4.61. The Balaban J connectivity index is 1.80. The van der Waals surface area contributed by atoms with Gasteiger partial charge in [0.15, 0.2) is 0 Å². The predicted molar refractivity (Wildman–Crippen MR) is 98.5 cm³/mol. The fourth-order valence-corrected chi connectivity index (χ4v) is 2.97. The number of carboxylic acid groups (broad SMARTS) is 1. The molecule has 126 valence electrons. The zero-order valence-corrected chi connectivity index (χ0v) is 14.7. The predicted octanol–water partition coefficient (Wildman–Crippen LogP) is 3.42. The Morgan fingerprint density at radius 3 is 2.60 bits per heavy atom. The van der Waals surface area contributed by atoms with Gasteiger partial charge in [0.05, 0.1) is 11.1 Å². The molecule has 0 fully saturated rings. The molecule has 1 aromatic heterocycles. The van der Waals surface area contributed by atoms with Gasteiger partial charge in [-0.1, -0.05) is 52.3 Å². The second-order valence-electron chi connectivity index (χ2n) is 5.58.